The van der Waals surface area contributed by atoms with E-state index in [2.05, 4.69) is 21.2 Å². The minimum Gasteiger partial charge on any atom is -0.497 e. The summed E-state index contributed by atoms with van der Waals surface area (Å²) in [5.41, 5.74) is 1.08. The van der Waals surface area contributed by atoms with E-state index in [0.717, 1.165) is 28.2 Å². The first-order chi connectivity index (χ1) is 9.28. The van der Waals surface area contributed by atoms with Crippen molar-refractivity contribution in [2.24, 2.45) is 0 Å². The zero-order chi connectivity index (χ0) is 13.5. The second-order valence-corrected chi connectivity index (χ2v) is 4.87. The number of nitrogens with one attached hydrogen (secondary N) is 1. The number of halogens is 1. The molecule has 100 valence electrons. The van der Waals surface area contributed by atoms with E-state index >= 15 is 0 Å². The van der Waals surface area contributed by atoms with Gasteiger partial charge in [-0.1, -0.05) is 15.9 Å². The average molecular weight is 322 g/mol. The highest BCUT2D eigenvalue weighted by Gasteiger charge is 1.96. The normalized spacial score (nSPS) is 10.0. The van der Waals surface area contributed by atoms with Gasteiger partial charge >= 0.3 is 0 Å². The molecule has 2 aromatic carbocycles. The molecule has 0 amide bonds. The van der Waals surface area contributed by atoms with Gasteiger partial charge in [0, 0.05) is 16.7 Å². The van der Waals surface area contributed by atoms with Gasteiger partial charge in [0.2, 0.25) is 0 Å². The molecule has 0 atom stereocenters. The van der Waals surface area contributed by atoms with Crippen LogP contribution in [0.5, 0.6) is 11.5 Å². The Hall–Kier alpha value is -1.68. The van der Waals surface area contributed by atoms with Gasteiger partial charge in [-0.15, -0.1) is 0 Å². The summed E-state index contributed by atoms with van der Waals surface area (Å²) < 4.78 is 11.8. The van der Waals surface area contributed by atoms with Crippen LogP contribution in [0, 0.1) is 0 Å². The smallest absolute Gasteiger partial charge is 0.119 e. The van der Waals surface area contributed by atoms with Gasteiger partial charge in [-0.3, -0.25) is 0 Å². The first-order valence-corrected chi connectivity index (χ1v) is 6.83. The Kier molecular flexibility index (Phi) is 5.10. The van der Waals surface area contributed by atoms with Crippen LogP contribution < -0.4 is 14.8 Å². The lowest BCUT2D eigenvalue weighted by Gasteiger charge is -2.09. The lowest BCUT2D eigenvalue weighted by molar-refractivity contribution is 0.332. The highest BCUT2D eigenvalue weighted by Crippen LogP contribution is 2.17. The highest BCUT2D eigenvalue weighted by molar-refractivity contribution is 9.10. The fourth-order valence-corrected chi connectivity index (χ4v) is 1.87. The minimum atomic E-state index is 0.613. The van der Waals surface area contributed by atoms with Gasteiger partial charge in [0.1, 0.15) is 18.1 Å². The number of ether oxygens (including phenoxy) is 2. The average Bonchev–Trinajstić information content (AvgIpc) is 2.46. The van der Waals surface area contributed by atoms with Crippen LogP contribution in [-0.4, -0.2) is 20.3 Å². The van der Waals surface area contributed by atoms with Gasteiger partial charge in [-0.05, 0) is 48.5 Å². The van der Waals surface area contributed by atoms with Gasteiger partial charge in [-0.2, -0.15) is 0 Å². The largest absolute Gasteiger partial charge is 0.497 e. The molecule has 19 heavy (non-hydrogen) atoms. The van der Waals surface area contributed by atoms with Crippen molar-refractivity contribution in [1.82, 2.24) is 0 Å². The molecule has 3 nitrogen and oxygen atoms in total. The summed E-state index contributed by atoms with van der Waals surface area (Å²) in [6.07, 6.45) is 0. The number of methoxy groups -OCH3 is 1. The molecule has 4 heteroatoms. The van der Waals surface area contributed by atoms with Gasteiger partial charge < -0.3 is 14.8 Å². The van der Waals surface area contributed by atoms with Crippen LogP contribution in [0.2, 0.25) is 0 Å². The van der Waals surface area contributed by atoms with Crippen LogP contribution in [-0.2, 0) is 0 Å². The maximum absolute atomic E-state index is 5.62. The molecule has 2 rings (SSSR count). The summed E-state index contributed by atoms with van der Waals surface area (Å²) in [5.74, 6) is 1.68. The summed E-state index contributed by atoms with van der Waals surface area (Å²) >= 11 is 3.41. The van der Waals surface area contributed by atoms with Crippen LogP contribution in [0.3, 0.4) is 0 Å². The van der Waals surface area contributed by atoms with Gasteiger partial charge in [0.05, 0.1) is 7.11 Å². The molecule has 0 saturated heterocycles. The van der Waals surface area contributed by atoms with Crippen molar-refractivity contribution in [3.63, 3.8) is 0 Å². The number of rotatable bonds is 6. The minimum absolute atomic E-state index is 0.613. The van der Waals surface area contributed by atoms with Gasteiger partial charge in [-0.25, -0.2) is 0 Å². The van der Waals surface area contributed by atoms with Crippen molar-refractivity contribution in [2.75, 3.05) is 25.6 Å². The second-order valence-electron chi connectivity index (χ2n) is 3.96. The van der Waals surface area contributed by atoms with Crippen molar-refractivity contribution < 1.29 is 9.47 Å². The molecule has 2 aromatic rings. The summed E-state index contributed by atoms with van der Waals surface area (Å²) in [6.45, 7) is 1.37. The third-order valence-electron chi connectivity index (χ3n) is 2.60. The van der Waals surface area contributed by atoms with Crippen LogP contribution in [0.25, 0.3) is 0 Å². The molecule has 0 fully saturated rings. The monoisotopic (exact) mass is 321 g/mol. The van der Waals surface area contributed by atoms with Crippen molar-refractivity contribution in [1.29, 1.82) is 0 Å². The predicted octanol–water partition coefficient (Wildman–Crippen LogP) is 3.95. The van der Waals surface area contributed by atoms with E-state index in [1.54, 1.807) is 7.11 Å². The Labute approximate surface area is 121 Å². The zero-order valence-electron chi connectivity index (χ0n) is 10.7. The molecule has 0 aliphatic rings. The molecule has 1 N–H and O–H groups in total. The summed E-state index contributed by atoms with van der Waals surface area (Å²) in [5, 5.41) is 3.29. The SMILES string of the molecule is COc1ccc(OCCNc2ccc(Br)cc2)cc1. The fourth-order valence-electron chi connectivity index (χ4n) is 1.60. The molecule has 0 heterocycles. The van der Waals surface area contributed by atoms with E-state index in [9.17, 15) is 0 Å². The quantitative estimate of drug-likeness (QED) is 0.817. The topological polar surface area (TPSA) is 30.5 Å². The zero-order valence-corrected chi connectivity index (χ0v) is 12.3. The number of hydrogen-bond acceptors (Lipinski definition) is 3. The summed E-state index contributed by atoms with van der Waals surface area (Å²) in [7, 11) is 1.65. The van der Waals surface area contributed by atoms with E-state index in [1.807, 2.05) is 48.5 Å². The Morgan fingerprint density at radius 1 is 0.947 bits per heavy atom. The van der Waals surface area contributed by atoms with E-state index in [0.29, 0.717) is 6.61 Å². The van der Waals surface area contributed by atoms with E-state index in [1.165, 1.54) is 0 Å². The molecule has 0 aliphatic carbocycles. The molecule has 0 bridgehead atoms. The van der Waals surface area contributed by atoms with E-state index in [-0.39, 0.29) is 0 Å². The molecule has 0 spiro atoms. The molecule has 0 unspecified atom stereocenters. The lowest BCUT2D eigenvalue weighted by atomic mass is 10.3. The van der Waals surface area contributed by atoms with Gasteiger partial charge in [0.15, 0.2) is 0 Å². The van der Waals surface area contributed by atoms with Crippen molar-refractivity contribution in [3.05, 3.63) is 53.0 Å². The van der Waals surface area contributed by atoms with E-state index in [4.69, 9.17) is 9.47 Å². The van der Waals surface area contributed by atoms with Crippen LogP contribution >= 0.6 is 15.9 Å². The number of hydrogen-bond donors (Lipinski definition) is 1. The molecule has 0 radical (unpaired) electrons. The molecular formula is C15H16BrNO2. The maximum Gasteiger partial charge on any atom is 0.119 e. The Bertz CT molecular complexity index is 497. The molecule has 0 aromatic heterocycles. The third kappa shape index (κ3) is 4.48. The van der Waals surface area contributed by atoms with E-state index < -0.39 is 0 Å². The summed E-state index contributed by atoms with van der Waals surface area (Å²) in [6, 6.07) is 15.6. The first kappa shape index (κ1) is 13.7. The molecule has 0 aliphatic heterocycles. The van der Waals surface area contributed by atoms with Crippen molar-refractivity contribution >= 4 is 21.6 Å². The molecular weight excluding hydrogens is 306 g/mol. The Morgan fingerprint density at radius 2 is 1.58 bits per heavy atom. The highest BCUT2D eigenvalue weighted by atomic mass is 79.9. The number of benzene rings is 2. The van der Waals surface area contributed by atoms with Crippen molar-refractivity contribution in [2.45, 2.75) is 0 Å². The van der Waals surface area contributed by atoms with Crippen LogP contribution in [0.1, 0.15) is 0 Å². The van der Waals surface area contributed by atoms with Gasteiger partial charge in [0.25, 0.3) is 0 Å². The fraction of sp³-hybridized carbons (Fsp3) is 0.200. The first-order valence-electron chi connectivity index (χ1n) is 6.04. The van der Waals surface area contributed by atoms with Crippen molar-refractivity contribution in [3.8, 4) is 11.5 Å². The Morgan fingerprint density at radius 3 is 2.21 bits per heavy atom. The standard InChI is InChI=1S/C15H16BrNO2/c1-18-14-6-8-15(9-7-14)19-11-10-17-13-4-2-12(16)3-5-13/h2-9,17H,10-11H2,1H3. The maximum atomic E-state index is 5.62. The molecule has 0 saturated carbocycles. The second kappa shape index (κ2) is 7.04. The lowest BCUT2D eigenvalue weighted by Crippen LogP contribution is -2.11. The summed E-state index contributed by atoms with van der Waals surface area (Å²) in [4.78, 5) is 0. The van der Waals surface area contributed by atoms with Crippen LogP contribution in [0.15, 0.2) is 53.0 Å². The number of anilines is 1. The predicted molar refractivity (Wildman–Crippen MR) is 81.1 cm³/mol. The van der Waals surface area contributed by atoms with Crippen LogP contribution in [0.4, 0.5) is 5.69 Å². The Balaban J connectivity index is 1.72. The third-order valence-corrected chi connectivity index (χ3v) is 3.13.